The van der Waals surface area contributed by atoms with Gasteiger partial charge < -0.3 is 0 Å². The minimum Gasteiger partial charge on any atom is -0.156 e. The van der Waals surface area contributed by atoms with Crippen LogP contribution in [-0.4, -0.2) is 0 Å². The average Bonchev–Trinajstić information content (AvgIpc) is 3.13. The number of hydrogen-bond donors (Lipinski definition) is 0. The molecule has 0 saturated heterocycles. The summed E-state index contributed by atoms with van der Waals surface area (Å²) in [6.07, 6.45) is 0. The summed E-state index contributed by atoms with van der Waals surface area (Å²) in [5.74, 6) is 0.630. The van der Waals surface area contributed by atoms with Crippen molar-refractivity contribution in [2.75, 3.05) is 0 Å². The topological polar surface area (TPSA) is 0 Å². The Labute approximate surface area is 158 Å². The van der Waals surface area contributed by atoms with Gasteiger partial charge in [0.2, 0.25) is 0 Å². The summed E-state index contributed by atoms with van der Waals surface area (Å²) in [6.45, 7) is 6.62. The van der Waals surface area contributed by atoms with Crippen LogP contribution in [-0.2, 0) is 26.2 Å². The van der Waals surface area contributed by atoms with Crippen LogP contribution in [0.4, 0.5) is 0 Å². The zero-order valence-electron chi connectivity index (χ0n) is 14.0. The van der Waals surface area contributed by atoms with E-state index in [9.17, 15) is 0 Å². The van der Waals surface area contributed by atoms with E-state index in [-0.39, 0.29) is 26.2 Å². The molecule has 0 saturated carbocycles. The van der Waals surface area contributed by atoms with Crippen LogP contribution in [0, 0.1) is 6.92 Å². The van der Waals surface area contributed by atoms with Gasteiger partial charge in [-0.05, 0) is 0 Å². The molecular formula is C22H22Zr. The van der Waals surface area contributed by atoms with E-state index in [0.29, 0.717) is 5.92 Å². The van der Waals surface area contributed by atoms with E-state index in [2.05, 4.69) is 93.6 Å². The fraction of sp³-hybridized carbons (Fsp3) is 0.182. The minimum atomic E-state index is 0. The summed E-state index contributed by atoms with van der Waals surface area (Å²) in [4.78, 5) is 0. The number of aryl methyl sites for hydroxylation is 1. The molecule has 0 fully saturated rings. The summed E-state index contributed by atoms with van der Waals surface area (Å²) < 4.78 is 0. The van der Waals surface area contributed by atoms with Crippen molar-refractivity contribution in [1.82, 2.24) is 0 Å². The molecule has 0 radical (unpaired) electrons. The largest absolute Gasteiger partial charge is 2.00 e. The van der Waals surface area contributed by atoms with Gasteiger partial charge in [-0.15, -0.1) is 76.1 Å². The van der Waals surface area contributed by atoms with E-state index in [1.165, 1.54) is 32.7 Å². The Hall–Kier alpha value is -1.46. The van der Waals surface area contributed by atoms with Crippen molar-refractivity contribution in [1.29, 1.82) is 0 Å². The second-order valence-corrected chi connectivity index (χ2v) is 6.13. The van der Waals surface area contributed by atoms with Gasteiger partial charge >= 0.3 is 26.2 Å². The van der Waals surface area contributed by atoms with Gasteiger partial charge in [0.25, 0.3) is 0 Å². The van der Waals surface area contributed by atoms with Gasteiger partial charge in [0.05, 0.1) is 0 Å². The number of fused-ring (bicyclic) bond motifs is 2. The van der Waals surface area contributed by atoms with Crippen LogP contribution in [0.25, 0.3) is 21.5 Å². The second-order valence-electron chi connectivity index (χ2n) is 6.13. The normalized spacial score (nSPS) is 10.4. The van der Waals surface area contributed by atoms with Crippen molar-refractivity contribution in [3.63, 3.8) is 0 Å². The van der Waals surface area contributed by atoms with E-state index >= 15 is 0 Å². The van der Waals surface area contributed by atoms with Gasteiger partial charge in [-0.1, -0.05) is 38.8 Å². The Bertz CT molecular complexity index is 877. The summed E-state index contributed by atoms with van der Waals surface area (Å²) in [5, 5.41) is 5.50. The van der Waals surface area contributed by atoms with Gasteiger partial charge in [0, 0.05) is 0 Å². The molecule has 0 heterocycles. The van der Waals surface area contributed by atoms with Crippen LogP contribution in [0.5, 0.6) is 0 Å². The zero-order valence-corrected chi connectivity index (χ0v) is 16.5. The predicted octanol–water partition coefficient (Wildman–Crippen LogP) is 6.55. The molecule has 23 heavy (non-hydrogen) atoms. The third-order valence-corrected chi connectivity index (χ3v) is 4.23. The van der Waals surface area contributed by atoms with Crippen molar-refractivity contribution < 1.29 is 26.2 Å². The molecule has 4 aromatic carbocycles. The zero-order chi connectivity index (χ0) is 15.5. The molecular weight excluding hydrogens is 355 g/mol. The monoisotopic (exact) mass is 376 g/mol. The van der Waals surface area contributed by atoms with Crippen LogP contribution in [0.1, 0.15) is 30.9 Å². The molecule has 0 unspecified atom stereocenters. The van der Waals surface area contributed by atoms with Gasteiger partial charge in [0.1, 0.15) is 0 Å². The molecule has 0 aliphatic rings. The smallest absolute Gasteiger partial charge is 0.156 e. The van der Waals surface area contributed by atoms with Crippen molar-refractivity contribution in [3.05, 3.63) is 83.9 Å². The van der Waals surface area contributed by atoms with Crippen LogP contribution < -0.4 is 0 Å². The number of rotatable bonds is 1. The molecule has 0 aromatic heterocycles. The molecule has 0 aliphatic carbocycles. The quantitative estimate of drug-likeness (QED) is 0.330. The van der Waals surface area contributed by atoms with Gasteiger partial charge in [-0.3, -0.25) is 0 Å². The molecule has 4 rings (SSSR count). The fourth-order valence-electron chi connectivity index (χ4n) is 2.98. The first-order valence-corrected chi connectivity index (χ1v) is 7.92. The third-order valence-electron chi connectivity index (χ3n) is 4.23. The molecule has 0 atom stereocenters. The molecule has 4 aromatic rings. The predicted molar refractivity (Wildman–Crippen MR) is 97.9 cm³/mol. The molecule has 0 aliphatic heterocycles. The Kier molecular flexibility index (Phi) is 6.13. The second kappa shape index (κ2) is 7.89. The molecule has 0 spiro atoms. The first-order chi connectivity index (χ1) is 10.7. The van der Waals surface area contributed by atoms with Gasteiger partial charge in [-0.2, -0.15) is 17.2 Å². The summed E-state index contributed by atoms with van der Waals surface area (Å²) in [7, 11) is 0. The van der Waals surface area contributed by atoms with Crippen LogP contribution in [0.2, 0.25) is 0 Å². The molecule has 0 bridgehead atoms. The van der Waals surface area contributed by atoms with Crippen LogP contribution in [0.15, 0.2) is 72.8 Å². The Morgan fingerprint density at radius 1 is 0.739 bits per heavy atom. The Morgan fingerprint density at radius 2 is 1.26 bits per heavy atom. The van der Waals surface area contributed by atoms with E-state index in [1.54, 1.807) is 0 Å². The number of hydrogen-bond acceptors (Lipinski definition) is 0. The van der Waals surface area contributed by atoms with Gasteiger partial charge in [-0.25, -0.2) is 0 Å². The number of benzene rings is 2. The molecule has 0 nitrogen and oxygen atoms in total. The van der Waals surface area contributed by atoms with Crippen molar-refractivity contribution in [2.45, 2.75) is 26.7 Å². The average molecular weight is 378 g/mol. The maximum absolute atomic E-state index is 2.24. The van der Waals surface area contributed by atoms with E-state index in [0.717, 1.165) is 0 Å². The molecule has 1 heteroatoms. The molecule has 0 amide bonds. The van der Waals surface area contributed by atoms with Crippen LogP contribution in [0.3, 0.4) is 0 Å². The van der Waals surface area contributed by atoms with E-state index in [4.69, 9.17) is 0 Å². The van der Waals surface area contributed by atoms with Gasteiger partial charge in [0.15, 0.2) is 0 Å². The van der Waals surface area contributed by atoms with E-state index < -0.39 is 0 Å². The summed E-state index contributed by atoms with van der Waals surface area (Å²) in [5.41, 5.74) is 2.83. The fourth-order valence-corrected chi connectivity index (χ4v) is 2.98. The van der Waals surface area contributed by atoms with E-state index in [1.807, 2.05) is 0 Å². The SMILES string of the molecule is CC(C)c1c[cH-]c2ccccc12.Cc1c[cH-]c2ccccc12.[Zr+2]. The maximum atomic E-state index is 2.24. The summed E-state index contributed by atoms with van der Waals surface area (Å²) in [6, 6.07) is 25.8. The summed E-state index contributed by atoms with van der Waals surface area (Å²) >= 11 is 0. The molecule has 0 N–H and O–H groups in total. The maximum Gasteiger partial charge on any atom is 2.00 e. The van der Waals surface area contributed by atoms with Crippen molar-refractivity contribution in [3.8, 4) is 0 Å². The first-order valence-electron chi connectivity index (χ1n) is 7.92. The molecule has 114 valence electrons. The first kappa shape index (κ1) is 17.9. The van der Waals surface area contributed by atoms with Crippen molar-refractivity contribution >= 4 is 21.5 Å². The van der Waals surface area contributed by atoms with Crippen LogP contribution >= 0.6 is 0 Å². The Balaban J connectivity index is 0.000000162. The minimum absolute atomic E-state index is 0. The Morgan fingerprint density at radius 3 is 1.87 bits per heavy atom. The third kappa shape index (κ3) is 3.90. The van der Waals surface area contributed by atoms with Crippen molar-refractivity contribution in [2.24, 2.45) is 0 Å². The standard InChI is InChI=1S/C12H13.C10H9.Zr/c1-9(2)11-8-7-10-5-3-4-6-12(10)11;1-8-6-7-9-4-2-3-5-10(8)9;/h3-9H,1-2H3;2-7H,1H3;/q2*-1;+2.